The molecule has 0 spiro atoms. The van der Waals surface area contributed by atoms with E-state index in [0.29, 0.717) is 5.17 Å². The summed E-state index contributed by atoms with van der Waals surface area (Å²) in [5.74, 6) is 0. The van der Waals surface area contributed by atoms with Gasteiger partial charge in [-0.05, 0) is 56.1 Å². The number of aliphatic imine (C=N–C) groups is 1. The minimum absolute atomic E-state index is 0.562. The number of rotatable bonds is 3. The maximum absolute atomic E-state index is 8.67. The number of aromatic nitrogens is 2. The highest BCUT2D eigenvalue weighted by molar-refractivity contribution is 8.13. The van der Waals surface area contributed by atoms with E-state index in [9.17, 15) is 0 Å². The molecule has 7 heteroatoms. The Morgan fingerprint density at radius 1 is 1.23 bits per heavy atom. The van der Waals surface area contributed by atoms with Crippen LogP contribution in [-0.2, 0) is 0 Å². The second kappa shape index (κ2) is 7.82. The van der Waals surface area contributed by atoms with Crippen molar-refractivity contribution in [2.75, 3.05) is 6.26 Å². The van der Waals surface area contributed by atoms with Crippen LogP contribution in [0.5, 0.6) is 0 Å². The van der Waals surface area contributed by atoms with Gasteiger partial charge in [-0.2, -0.15) is 5.26 Å². The van der Waals surface area contributed by atoms with E-state index in [0.717, 1.165) is 27.1 Å². The van der Waals surface area contributed by atoms with Gasteiger partial charge in [0.05, 0.1) is 5.69 Å². The molecule has 5 nitrogen and oxygen atoms in total. The van der Waals surface area contributed by atoms with Crippen molar-refractivity contribution in [3.8, 4) is 6.19 Å². The van der Waals surface area contributed by atoms with E-state index in [4.69, 9.17) is 5.26 Å². The van der Waals surface area contributed by atoms with Gasteiger partial charge in [0.1, 0.15) is 0 Å². The van der Waals surface area contributed by atoms with Gasteiger partial charge in [0.15, 0.2) is 16.5 Å². The third-order valence-electron chi connectivity index (χ3n) is 2.58. The first-order valence-corrected chi connectivity index (χ1v) is 8.53. The number of benzene rings is 1. The molecule has 0 aliphatic heterocycles. The van der Waals surface area contributed by atoms with Crippen molar-refractivity contribution in [2.24, 2.45) is 4.99 Å². The Bertz CT molecular complexity index is 717. The van der Waals surface area contributed by atoms with Crippen LogP contribution >= 0.6 is 23.5 Å². The maximum Gasteiger partial charge on any atom is 0.192 e. The zero-order valence-corrected chi connectivity index (χ0v) is 14.1. The lowest BCUT2D eigenvalue weighted by atomic mass is 10.3. The monoisotopic (exact) mass is 329 g/mol. The van der Waals surface area contributed by atoms with Crippen LogP contribution in [0.15, 0.2) is 45.4 Å². The largest absolute Gasteiger partial charge is 0.271 e. The Kier molecular flexibility index (Phi) is 5.81. The predicted molar refractivity (Wildman–Crippen MR) is 91.4 cm³/mol. The molecule has 0 fully saturated rings. The molecule has 0 amide bonds. The van der Waals surface area contributed by atoms with Gasteiger partial charge >= 0.3 is 0 Å². The SMILES string of the molecule is CSC(=Nc1cccc(Sc2nc(C)cc(C)n2)c1)NC#N. The fraction of sp³-hybridized carbons (Fsp3) is 0.200. The molecule has 0 atom stereocenters. The summed E-state index contributed by atoms with van der Waals surface area (Å²) in [6, 6.07) is 9.70. The summed E-state index contributed by atoms with van der Waals surface area (Å²) in [6.45, 7) is 3.91. The highest BCUT2D eigenvalue weighted by Gasteiger charge is 2.04. The summed E-state index contributed by atoms with van der Waals surface area (Å²) in [5, 5.41) is 12.5. The lowest BCUT2D eigenvalue weighted by molar-refractivity contribution is 0.902. The number of nitriles is 1. The first kappa shape index (κ1) is 16.3. The van der Waals surface area contributed by atoms with Crippen molar-refractivity contribution in [2.45, 2.75) is 23.9 Å². The smallest absolute Gasteiger partial charge is 0.192 e. The highest BCUT2D eigenvalue weighted by Crippen LogP contribution is 2.28. The average molecular weight is 329 g/mol. The van der Waals surface area contributed by atoms with Gasteiger partial charge in [0.25, 0.3) is 0 Å². The predicted octanol–water partition coefficient (Wildman–Crippen LogP) is 3.67. The molecule has 2 rings (SSSR count). The van der Waals surface area contributed by atoms with Gasteiger partial charge in [-0.3, -0.25) is 5.32 Å². The van der Waals surface area contributed by atoms with Crippen LogP contribution < -0.4 is 5.32 Å². The Morgan fingerprint density at radius 3 is 2.59 bits per heavy atom. The molecule has 22 heavy (non-hydrogen) atoms. The molecular formula is C15H15N5S2. The fourth-order valence-corrected chi connectivity index (χ4v) is 3.01. The minimum Gasteiger partial charge on any atom is -0.271 e. The molecule has 0 saturated heterocycles. The molecule has 0 aliphatic rings. The molecule has 1 aromatic carbocycles. The number of amidine groups is 1. The van der Waals surface area contributed by atoms with E-state index < -0.39 is 0 Å². The quantitative estimate of drug-likeness (QED) is 0.304. The number of nitrogens with zero attached hydrogens (tertiary/aromatic N) is 4. The standard InChI is InChI=1S/C15H15N5S2/c1-10-7-11(2)19-15(18-10)22-13-6-4-5-12(8-13)20-14(21-3)17-9-16/h4-8H,1-3H3,(H,17,20). The van der Waals surface area contributed by atoms with E-state index >= 15 is 0 Å². The minimum atomic E-state index is 0.562. The molecule has 0 saturated carbocycles. The second-order valence-electron chi connectivity index (χ2n) is 4.39. The van der Waals surface area contributed by atoms with Crippen LogP contribution in [0.2, 0.25) is 0 Å². The van der Waals surface area contributed by atoms with Gasteiger partial charge in [-0.25, -0.2) is 15.0 Å². The number of aryl methyl sites for hydroxylation is 2. The van der Waals surface area contributed by atoms with Crippen LogP contribution in [0.3, 0.4) is 0 Å². The molecule has 1 N–H and O–H groups in total. The third kappa shape index (κ3) is 4.76. The molecular weight excluding hydrogens is 314 g/mol. The normalized spacial score (nSPS) is 11.1. The van der Waals surface area contributed by atoms with Crippen molar-refractivity contribution >= 4 is 34.4 Å². The highest BCUT2D eigenvalue weighted by atomic mass is 32.2. The summed E-state index contributed by atoms with van der Waals surface area (Å²) in [4.78, 5) is 14.2. The summed E-state index contributed by atoms with van der Waals surface area (Å²) >= 11 is 2.88. The van der Waals surface area contributed by atoms with E-state index in [-0.39, 0.29) is 0 Å². The third-order valence-corrected chi connectivity index (χ3v) is 4.01. The molecule has 1 heterocycles. The van der Waals surface area contributed by atoms with Crippen LogP contribution in [0, 0.1) is 25.3 Å². The van der Waals surface area contributed by atoms with E-state index in [1.807, 2.05) is 56.6 Å². The number of nitrogens with one attached hydrogen (secondary N) is 1. The zero-order chi connectivity index (χ0) is 15.9. The summed E-state index contributed by atoms with van der Waals surface area (Å²) in [6.07, 6.45) is 3.75. The summed E-state index contributed by atoms with van der Waals surface area (Å²) in [5.41, 5.74) is 2.68. The van der Waals surface area contributed by atoms with Gasteiger partial charge in [-0.15, -0.1) is 0 Å². The first-order chi connectivity index (χ1) is 10.6. The van der Waals surface area contributed by atoms with E-state index in [2.05, 4.69) is 20.3 Å². The van der Waals surface area contributed by atoms with Crippen molar-refractivity contribution in [1.29, 1.82) is 5.26 Å². The Hall–Kier alpha value is -2.04. The Balaban J connectivity index is 2.23. The van der Waals surface area contributed by atoms with Gasteiger partial charge in [0.2, 0.25) is 0 Å². The average Bonchev–Trinajstić information content (AvgIpc) is 2.46. The number of thioether (sulfide) groups is 1. The van der Waals surface area contributed by atoms with Crippen molar-refractivity contribution in [1.82, 2.24) is 15.3 Å². The molecule has 0 unspecified atom stereocenters. The zero-order valence-electron chi connectivity index (χ0n) is 12.5. The van der Waals surface area contributed by atoms with E-state index in [1.54, 1.807) is 0 Å². The molecule has 2 aromatic rings. The summed E-state index contributed by atoms with van der Waals surface area (Å²) in [7, 11) is 0. The van der Waals surface area contributed by atoms with Crippen LogP contribution in [0.25, 0.3) is 0 Å². The summed E-state index contributed by atoms with van der Waals surface area (Å²) < 4.78 is 0. The van der Waals surface area contributed by atoms with Gasteiger partial charge < -0.3 is 0 Å². The molecule has 0 aliphatic carbocycles. The molecule has 0 radical (unpaired) electrons. The lowest BCUT2D eigenvalue weighted by Gasteiger charge is -2.04. The van der Waals surface area contributed by atoms with Gasteiger partial charge in [-0.1, -0.05) is 17.8 Å². The lowest BCUT2D eigenvalue weighted by Crippen LogP contribution is -2.12. The van der Waals surface area contributed by atoms with Crippen LogP contribution in [0.1, 0.15) is 11.4 Å². The first-order valence-electron chi connectivity index (χ1n) is 6.48. The van der Waals surface area contributed by atoms with Gasteiger partial charge in [0, 0.05) is 16.3 Å². The fourth-order valence-electron chi connectivity index (χ4n) is 1.75. The Morgan fingerprint density at radius 2 is 1.95 bits per heavy atom. The van der Waals surface area contributed by atoms with Crippen molar-refractivity contribution < 1.29 is 0 Å². The van der Waals surface area contributed by atoms with E-state index in [1.165, 1.54) is 23.5 Å². The number of hydrogen-bond acceptors (Lipinski definition) is 6. The number of hydrogen-bond donors (Lipinski definition) is 1. The van der Waals surface area contributed by atoms with Crippen molar-refractivity contribution in [3.05, 3.63) is 41.7 Å². The molecule has 112 valence electrons. The Labute approximate surface area is 138 Å². The maximum atomic E-state index is 8.67. The second-order valence-corrected chi connectivity index (χ2v) is 6.23. The van der Waals surface area contributed by atoms with Crippen LogP contribution in [-0.4, -0.2) is 21.4 Å². The van der Waals surface area contributed by atoms with Crippen LogP contribution in [0.4, 0.5) is 5.69 Å². The van der Waals surface area contributed by atoms with Crippen molar-refractivity contribution in [3.63, 3.8) is 0 Å². The molecule has 1 aromatic heterocycles. The topological polar surface area (TPSA) is 74.0 Å². The molecule has 0 bridgehead atoms.